The van der Waals surface area contributed by atoms with Gasteiger partial charge in [0.15, 0.2) is 5.67 Å². The quantitative estimate of drug-likeness (QED) is 0.0528. The lowest BCUT2D eigenvalue weighted by atomic mass is 9.84. The minimum absolute atomic E-state index is 0.0301. The fourth-order valence-corrected chi connectivity index (χ4v) is 11.5. The molecule has 6 bridgehead atoms. The van der Waals surface area contributed by atoms with Crippen LogP contribution in [-0.2, 0) is 51.1 Å². The number of piperidine rings is 1. The SMILES string of the molecule is CCn1c(-c2cc(OCCN=IN=[N-])cnc2[C@H](C)OC)c2c3cc(ccc31)N1CCO[C@@H](C[C@H](NC(=O)[C@H](C(C)C)N(C)C(=O)C3(F)CCN(C(=O)C#CC(C)(C)N(C)C)CC3)C(=O)N3CCC[C@H](N3)C(=O)OCC(C)(C)C2)C1. The number of halogens is 2. The summed E-state index contributed by atoms with van der Waals surface area (Å²) < 4.78 is 51.2. The molecular weight excluding hydrogens is 1140 g/mol. The summed E-state index contributed by atoms with van der Waals surface area (Å²) >= 11 is -1.02. The zero-order chi connectivity index (χ0) is 58.3. The zero-order valence-electron chi connectivity index (χ0n) is 48.6. The number of hydrogen-bond donors (Lipinski definition) is 2. The zero-order valence-corrected chi connectivity index (χ0v) is 50.7. The first-order chi connectivity index (χ1) is 37.9. The molecule has 0 unspecified atom stereocenters. The highest BCUT2D eigenvalue weighted by atomic mass is 127. The Kier molecular flexibility index (Phi) is 20.5. The summed E-state index contributed by atoms with van der Waals surface area (Å²) in [7, 11) is 6.77. The molecule has 0 aliphatic carbocycles. The lowest BCUT2D eigenvalue weighted by molar-refractivity contribution is -0.156. The van der Waals surface area contributed by atoms with Gasteiger partial charge in [-0.1, -0.05) is 33.6 Å². The maximum atomic E-state index is 16.9. The van der Waals surface area contributed by atoms with Gasteiger partial charge in [0, 0.05) is 100 Å². The Hall–Kier alpha value is -5.68. The lowest BCUT2D eigenvalue weighted by Crippen LogP contribution is -2.63. The van der Waals surface area contributed by atoms with E-state index in [0.29, 0.717) is 63.5 Å². The number of aromatic nitrogens is 2. The molecule has 7 rings (SSSR count). The van der Waals surface area contributed by atoms with Crippen LogP contribution in [0.15, 0.2) is 36.9 Å². The third-order valence-corrected chi connectivity index (χ3v) is 16.9. The van der Waals surface area contributed by atoms with Gasteiger partial charge in [0.1, 0.15) is 51.8 Å². The van der Waals surface area contributed by atoms with Crippen LogP contribution in [0.1, 0.15) is 105 Å². The van der Waals surface area contributed by atoms with Crippen LogP contribution >= 0.6 is 21.3 Å². The van der Waals surface area contributed by atoms with Crippen molar-refractivity contribution in [3.63, 3.8) is 0 Å². The van der Waals surface area contributed by atoms with Gasteiger partial charge >= 0.3 is 5.97 Å². The van der Waals surface area contributed by atoms with E-state index in [9.17, 15) is 24.0 Å². The van der Waals surface area contributed by atoms with E-state index in [0.717, 1.165) is 38.3 Å². The number of fused-ring (bicyclic) bond motifs is 6. The van der Waals surface area contributed by atoms with Crippen molar-refractivity contribution in [1.82, 2.24) is 40.0 Å². The van der Waals surface area contributed by atoms with Crippen LogP contribution in [-0.4, -0.2) is 182 Å². The number of rotatable bonds is 15. The minimum atomic E-state index is -2.36. The number of nitrogens with one attached hydrogen (secondary N) is 2. The van der Waals surface area contributed by atoms with Crippen molar-refractivity contribution in [3.8, 4) is 28.8 Å². The summed E-state index contributed by atoms with van der Waals surface area (Å²) in [4.78, 5) is 82.7. The second-order valence-electron chi connectivity index (χ2n) is 23.2. The monoisotopic (exact) mass is 1220 g/mol. The Morgan fingerprint density at radius 2 is 1.84 bits per heavy atom. The Bertz CT molecular complexity index is 2860. The average Bonchev–Trinajstić information content (AvgIpc) is 3.97. The number of carbonyl (C=O) groups is 5. The first kappa shape index (κ1) is 61.9. The second kappa shape index (κ2) is 26.5. The first-order valence-electron chi connectivity index (χ1n) is 27.7. The van der Waals surface area contributed by atoms with Crippen molar-refractivity contribution in [2.75, 3.05) is 92.2 Å². The van der Waals surface area contributed by atoms with Crippen LogP contribution < -0.4 is 20.4 Å². The topological polar surface area (TPSA) is 227 Å². The fraction of sp³-hybridized carbons (Fsp3) is 0.649. The largest absolute Gasteiger partial charge is 0.700 e. The summed E-state index contributed by atoms with van der Waals surface area (Å²) in [5.74, 6) is 2.69. The van der Waals surface area contributed by atoms with Gasteiger partial charge in [-0.15, -0.1) is 0 Å². The smallest absolute Gasteiger partial charge is 0.324 e. The van der Waals surface area contributed by atoms with E-state index in [1.807, 2.05) is 45.8 Å². The van der Waals surface area contributed by atoms with Crippen LogP contribution in [0.5, 0.6) is 5.75 Å². The highest BCUT2D eigenvalue weighted by Gasteiger charge is 2.48. The number of methoxy groups -OCH3 is 1. The first-order valence-corrected chi connectivity index (χ1v) is 29.7. The van der Waals surface area contributed by atoms with Gasteiger partial charge in [-0.3, -0.25) is 38.9 Å². The van der Waals surface area contributed by atoms with E-state index >= 15 is 4.39 Å². The molecule has 0 radical (unpaired) electrons. The third kappa shape index (κ3) is 14.3. The number of likely N-dealkylation sites (tertiary alicyclic amines) is 1. The molecule has 6 heterocycles. The number of likely N-dealkylation sites (N-methyl/N-ethyl adjacent to an activating group) is 1. The molecule has 5 atom stereocenters. The number of morpholine rings is 1. The van der Waals surface area contributed by atoms with Gasteiger partial charge in [0.05, 0.1) is 55.1 Å². The highest BCUT2D eigenvalue weighted by molar-refractivity contribution is 14.1. The molecule has 1 aromatic carbocycles. The number of carbonyl (C=O) groups excluding carboxylic acids is 5. The summed E-state index contributed by atoms with van der Waals surface area (Å²) in [5.41, 5.74) is 13.9. The Labute approximate surface area is 480 Å². The van der Waals surface area contributed by atoms with Gasteiger partial charge in [0.2, 0.25) is 5.91 Å². The standard InChI is InChI=1S/C57H81FIN12O9/c1-13-70-46-17-16-38-29-41(46)43(50(70)42-30-39(78-27-22-62-59-65-60)33-61-48(42)37(4)77-12)32-55(5,6)35-80-53(75)44-15-14-23-71(64-44)52(74)45(31-40-34-69(38)26-28-79-40)63-51(73)49(36(2)3)67(11)54(76)57(58)20-24-68(25-21-57)47(72)18-19-56(7,8)66(9)10/h16-17,29-30,33,36-37,40,44-45,49,64H,13-15,20-28,31-32,34-35H2,1-12H3,(H,63,73)/q-1/t37-,40-,44-,45-,49-/m0/s1. The number of benzene rings is 1. The maximum absolute atomic E-state index is 16.9. The van der Waals surface area contributed by atoms with E-state index < -0.39 is 97.7 Å². The van der Waals surface area contributed by atoms with Gasteiger partial charge in [-0.05, 0) is 103 Å². The van der Waals surface area contributed by atoms with Gasteiger partial charge < -0.3 is 52.4 Å². The molecule has 4 aliphatic heterocycles. The van der Waals surface area contributed by atoms with E-state index in [1.165, 1.54) is 17.0 Å². The Morgan fingerprint density at radius 3 is 2.51 bits per heavy atom. The predicted octanol–water partition coefficient (Wildman–Crippen LogP) is 6.76. The molecule has 21 nitrogen and oxygen atoms in total. The van der Waals surface area contributed by atoms with E-state index in [-0.39, 0.29) is 58.2 Å². The lowest BCUT2D eigenvalue weighted by Gasteiger charge is -2.41. The number of esters is 1. The van der Waals surface area contributed by atoms with E-state index in [1.54, 1.807) is 27.2 Å². The minimum Gasteiger partial charge on any atom is -0.700 e. The van der Waals surface area contributed by atoms with Crippen LogP contribution in [0.4, 0.5) is 10.1 Å². The number of cyclic esters (lactones) is 1. The molecular formula is C57H81FIN12O9-. The van der Waals surface area contributed by atoms with Crippen molar-refractivity contribution in [2.24, 2.45) is 17.8 Å². The number of amides is 4. The molecule has 4 aliphatic rings. The van der Waals surface area contributed by atoms with Gasteiger partial charge in [-0.25, -0.2) is 13.0 Å². The summed E-state index contributed by atoms with van der Waals surface area (Å²) in [5, 5.41) is 5.35. The maximum Gasteiger partial charge on any atom is 0.324 e. The Balaban J connectivity index is 1.21. The number of alkyl halides is 1. The third-order valence-electron chi connectivity index (χ3n) is 16.0. The number of nitrogens with zero attached hydrogens (tertiary/aromatic N) is 10. The summed E-state index contributed by atoms with van der Waals surface area (Å²) in [6, 6.07) is 5.12. The average molecular weight is 1220 g/mol. The number of anilines is 1. The highest BCUT2D eigenvalue weighted by Crippen LogP contribution is 2.43. The van der Waals surface area contributed by atoms with Crippen molar-refractivity contribution < 1.29 is 47.3 Å². The van der Waals surface area contributed by atoms with E-state index in [2.05, 4.69) is 77.5 Å². The number of pyridine rings is 1. The molecule has 3 aromatic rings. The predicted molar refractivity (Wildman–Crippen MR) is 310 cm³/mol. The van der Waals surface area contributed by atoms with Crippen molar-refractivity contribution >= 4 is 67.5 Å². The molecule has 3 fully saturated rings. The molecule has 4 amide bonds. The number of aryl methyl sites for hydroxylation is 1. The van der Waals surface area contributed by atoms with Crippen LogP contribution in [0.25, 0.3) is 27.7 Å². The normalized spacial score (nSPS) is 21.7. The number of hydrogen-bond acceptors (Lipinski definition) is 14. The molecule has 0 spiro atoms. The number of hydrazine groups is 1. The van der Waals surface area contributed by atoms with Crippen molar-refractivity contribution in [1.29, 1.82) is 0 Å². The molecule has 23 heteroatoms. The fourth-order valence-electron chi connectivity index (χ4n) is 10.9. The summed E-state index contributed by atoms with van der Waals surface area (Å²) in [6.07, 6.45) is 1.58. The molecule has 0 saturated carbocycles. The van der Waals surface area contributed by atoms with Crippen LogP contribution in [0.3, 0.4) is 0 Å². The van der Waals surface area contributed by atoms with Crippen LogP contribution in [0, 0.1) is 23.2 Å². The molecule has 80 heavy (non-hydrogen) atoms. The molecule has 2 aromatic heterocycles. The molecule has 2 N–H and O–H groups in total. The van der Waals surface area contributed by atoms with Crippen molar-refractivity contribution in [3.05, 3.63) is 47.3 Å². The summed E-state index contributed by atoms with van der Waals surface area (Å²) in [6.45, 7) is 18.2. The van der Waals surface area contributed by atoms with Gasteiger partial charge in [0.25, 0.3) is 17.7 Å². The molecule has 3 saturated heterocycles. The van der Waals surface area contributed by atoms with E-state index in [4.69, 9.17) is 29.5 Å². The van der Waals surface area contributed by atoms with Gasteiger partial charge in [-0.2, -0.15) is 0 Å². The van der Waals surface area contributed by atoms with Crippen molar-refractivity contribution in [2.45, 2.75) is 142 Å². The second-order valence-corrected chi connectivity index (χ2v) is 24.7. The molecule has 438 valence electrons. The Morgan fingerprint density at radius 1 is 1.10 bits per heavy atom. The van der Waals surface area contributed by atoms with Crippen LogP contribution in [0.2, 0.25) is 0 Å². The number of ether oxygens (including phenoxy) is 4.